The Kier molecular flexibility index (Phi) is 6.05. The monoisotopic (exact) mass is 289 g/mol. The van der Waals surface area contributed by atoms with E-state index in [0.717, 1.165) is 18.7 Å². The third-order valence-corrected chi connectivity index (χ3v) is 4.07. The molecule has 0 radical (unpaired) electrons. The van der Waals surface area contributed by atoms with Crippen molar-refractivity contribution in [1.82, 2.24) is 10.6 Å². The lowest BCUT2D eigenvalue weighted by molar-refractivity contribution is 0.0963. The van der Waals surface area contributed by atoms with Crippen molar-refractivity contribution in [2.24, 2.45) is 0 Å². The molecule has 1 saturated heterocycles. The van der Waals surface area contributed by atoms with Crippen LogP contribution in [-0.4, -0.2) is 31.6 Å². The first-order chi connectivity index (χ1) is 10.2. The second kappa shape index (κ2) is 8.03. The van der Waals surface area contributed by atoms with E-state index in [0.29, 0.717) is 17.6 Å². The highest BCUT2D eigenvalue weighted by atomic mass is 16.1. The molecule has 0 saturated carbocycles. The van der Waals surface area contributed by atoms with Gasteiger partial charge in [0.15, 0.2) is 0 Å². The van der Waals surface area contributed by atoms with Crippen LogP contribution in [-0.2, 0) is 0 Å². The fraction of sp³-hybridized carbons (Fsp3) is 0.588. The predicted molar refractivity (Wildman–Crippen MR) is 87.8 cm³/mol. The lowest BCUT2D eigenvalue weighted by atomic mass is 10.0. The van der Waals surface area contributed by atoms with Crippen molar-refractivity contribution in [2.75, 3.05) is 18.9 Å². The molecule has 1 aliphatic heterocycles. The number of anilines is 1. The Morgan fingerprint density at radius 3 is 3.05 bits per heavy atom. The van der Waals surface area contributed by atoms with E-state index < -0.39 is 0 Å². The second-order valence-electron chi connectivity index (χ2n) is 5.94. The lowest BCUT2D eigenvalue weighted by Gasteiger charge is -2.22. The van der Waals surface area contributed by atoms with Crippen LogP contribution >= 0.6 is 0 Å². The van der Waals surface area contributed by atoms with Crippen molar-refractivity contribution in [2.45, 2.75) is 51.1 Å². The van der Waals surface area contributed by atoms with Gasteiger partial charge in [0.1, 0.15) is 0 Å². The minimum absolute atomic E-state index is 0.0447. The molecule has 4 heteroatoms. The van der Waals surface area contributed by atoms with Gasteiger partial charge in [0.2, 0.25) is 0 Å². The van der Waals surface area contributed by atoms with E-state index in [9.17, 15) is 4.79 Å². The third kappa shape index (κ3) is 5.05. The Balaban J connectivity index is 1.89. The maximum atomic E-state index is 11.7. The molecule has 0 aromatic heterocycles. The molecule has 2 rings (SSSR count). The summed E-state index contributed by atoms with van der Waals surface area (Å²) in [6, 6.07) is 8.68. The third-order valence-electron chi connectivity index (χ3n) is 4.07. The molecule has 1 aromatic carbocycles. The van der Waals surface area contributed by atoms with E-state index >= 15 is 0 Å². The molecule has 116 valence electrons. The molecule has 0 spiro atoms. The number of hydrogen-bond acceptors (Lipinski definition) is 3. The zero-order valence-electron chi connectivity index (χ0n) is 13.1. The van der Waals surface area contributed by atoms with Gasteiger partial charge in [-0.2, -0.15) is 0 Å². The fourth-order valence-electron chi connectivity index (χ4n) is 2.97. The zero-order chi connectivity index (χ0) is 15.1. The van der Waals surface area contributed by atoms with E-state index in [2.05, 4.69) is 22.9 Å². The van der Waals surface area contributed by atoms with Crippen molar-refractivity contribution in [3.63, 3.8) is 0 Å². The molecule has 0 aliphatic carbocycles. The van der Waals surface area contributed by atoms with Crippen molar-refractivity contribution < 1.29 is 4.79 Å². The van der Waals surface area contributed by atoms with Gasteiger partial charge >= 0.3 is 0 Å². The zero-order valence-corrected chi connectivity index (χ0v) is 13.1. The van der Waals surface area contributed by atoms with Crippen LogP contribution in [0.1, 0.15) is 49.4 Å². The maximum Gasteiger partial charge on any atom is 0.251 e. The van der Waals surface area contributed by atoms with Crippen LogP contribution in [0.4, 0.5) is 5.69 Å². The van der Waals surface area contributed by atoms with Crippen LogP contribution in [0.5, 0.6) is 0 Å². The summed E-state index contributed by atoms with van der Waals surface area (Å²) in [4.78, 5) is 11.7. The van der Waals surface area contributed by atoms with Gasteiger partial charge in [-0.3, -0.25) is 4.79 Å². The molecule has 3 N–H and O–H groups in total. The number of nitrogens with one attached hydrogen (secondary N) is 3. The van der Waals surface area contributed by atoms with Gasteiger partial charge in [-0.05, 0) is 50.9 Å². The molecule has 1 heterocycles. The fourth-order valence-corrected chi connectivity index (χ4v) is 2.97. The van der Waals surface area contributed by atoms with Crippen molar-refractivity contribution in [3.05, 3.63) is 29.8 Å². The largest absolute Gasteiger partial charge is 0.383 e. The summed E-state index contributed by atoms with van der Waals surface area (Å²) in [5.41, 5.74) is 1.71. The lowest BCUT2D eigenvalue weighted by Crippen LogP contribution is -2.33. The van der Waals surface area contributed by atoms with Gasteiger partial charge in [0.05, 0.1) is 0 Å². The van der Waals surface area contributed by atoms with Crippen molar-refractivity contribution >= 4 is 11.6 Å². The standard InChI is InChI=1S/C17H27N3O/c1-13(11-15-8-4-3-5-10-19-15)20-16-9-6-7-14(12-16)17(21)18-2/h6-7,9,12-13,15,19-20H,3-5,8,10-11H2,1-2H3,(H,18,21). The number of carbonyl (C=O) groups excluding carboxylic acids is 1. The SMILES string of the molecule is CNC(=O)c1cccc(NC(C)CC2CCCCCN2)c1. The van der Waals surface area contributed by atoms with E-state index in [1.165, 1.54) is 25.7 Å². The smallest absolute Gasteiger partial charge is 0.251 e. The highest BCUT2D eigenvalue weighted by Crippen LogP contribution is 2.16. The van der Waals surface area contributed by atoms with Crippen LogP contribution in [0.25, 0.3) is 0 Å². The van der Waals surface area contributed by atoms with Gasteiger partial charge in [-0.15, -0.1) is 0 Å². The molecule has 21 heavy (non-hydrogen) atoms. The van der Waals surface area contributed by atoms with E-state index in [-0.39, 0.29) is 5.91 Å². The summed E-state index contributed by atoms with van der Waals surface area (Å²) >= 11 is 0. The van der Waals surface area contributed by atoms with Crippen molar-refractivity contribution in [3.8, 4) is 0 Å². The highest BCUT2D eigenvalue weighted by molar-refractivity contribution is 5.94. The first-order valence-corrected chi connectivity index (χ1v) is 8.01. The molecule has 1 aliphatic rings. The van der Waals surface area contributed by atoms with E-state index in [1.807, 2.05) is 24.3 Å². The Bertz CT molecular complexity index is 453. The number of benzene rings is 1. The summed E-state index contributed by atoms with van der Waals surface area (Å²) in [6.07, 6.45) is 6.36. The summed E-state index contributed by atoms with van der Waals surface area (Å²) in [7, 11) is 1.66. The molecule has 1 fully saturated rings. The van der Waals surface area contributed by atoms with Gasteiger partial charge in [0.25, 0.3) is 5.91 Å². The summed E-state index contributed by atoms with van der Waals surface area (Å²) in [5.74, 6) is -0.0447. The van der Waals surface area contributed by atoms with Crippen LogP contribution < -0.4 is 16.0 Å². The topological polar surface area (TPSA) is 53.2 Å². The number of hydrogen-bond donors (Lipinski definition) is 3. The van der Waals surface area contributed by atoms with Crippen molar-refractivity contribution in [1.29, 1.82) is 0 Å². The quantitative estimate of drug-likeness (QED) is 0.781. The molecular formula is C17H27N3O. The first kappa shape index (κ1) is 15.8. The average molecular weight is 289 g/mol. The predicted octanol–water partition coefficient (Wildman–Crippen LogP) is 2.77. The average Bonchev–Trinajstić information content (AvgIpc) is 2.75. The summed E-state index contributed by atoms with van der Waals surface area (Å²) in [5, 5.41) is 9.80. The van der Waals surface area contributed by atoms with Crippen LogP contribution in [0.3, 0.4) is 0 Å². The summed E-state index contributed by atoms with van der Waals surface area (Å²) in [6.45, 7) is 3.35. The van der Waals surface area contributed by atoms with E-state index in [4.69, 9.17) is 0 Å². The molecule has 0 bridgehead atoms. The molecule has 1 amide bonds. The Hall–Kier alpha value is -1.55. The van der Waals surface area contributed by atoms with Crippen LogP contribution in [0.15, 0.2) is 24.3 Å². The second-order valence-corrected chi connectivity index (χ2v) is 5.94. The Morgan fingerprint density at radius 2 is 2.24 bits per heavy atom. The molecule has 1 aromatic rings. The first-order valence-electron chi connectivity index (χ1n) is 8.01. The molecule has 2 atom stereocenters. The number of amides is 1. The molecule has 4 nitrogen and oxygen atoms in total. The molecule has 2 unspecified atom stereocenters. The van der Waals surface area contributed by atoms with E-state index in [1.54, 1.807) is 7.05 Å². The van der Waals surface area contributed by atoms with Gasteiger partial charge in [-0.25, -0.2) is 0 Å². The highest BCUT2D eigenvalue weighted by Gasteiger charge is 2.15. The maximum absolute atomic E-state index is 11.7. The minimum atomic E-state index is -0.0447. The van der Waals surface area contributed by atoms with Crippen LogP contribution in [0, 0.1) is 0 Å². The number of carbonyl (C=O) groups is 1. The summed E-state index contributed by atoms with van der Waals surface area (Å²) < 4.78 is 0. The minimum Gasteiger partial charge on any atom is -0.383 e. The number of rotatable bonds is 5. The van der Waals surface area contributed by atoms with Gasteiger partial charge < -0.3 is 16.0 Å². The Morgan fingerprint density at radius 1 is 1.38 bits per heavy atom. The van der Waals surface area contributed by atoms with Gasteiger partial charge in [0, 0.05) is 30.4 Å². The van der Waals surface area contributed by atoms with Gasteiger partial charge in [-0.1, -0.05) is 18.9 Å². The Labute approximate surface area is 127 Å². The normalized spacial score (nSPS) is 20.4. The molecular weight excluding hydrogens is 262 g/mol. The van der Waals surface area contributed by atoms with Crippen LogP contribution in [0.2, 0.25) is 0 Å².